The minimum absolute atomic E-state index is 0.00336. The van der Waals surface area contributed by atoms with Gasteiger partial charge in [0.2, 0.25) is 5.91 Å². The number of amides is 1. The van der Waals surface area contributed by atoms with Crippen molar-refractivity contribution in [2.45, 2.75) is 39.7 Å². The van der Waals surface area contributed by atoms with E-state index in [1.807, 2.05) is 31.2 Å². The fourth-order valence-electron chi connectivity index (χ4n) is 3.12. The van der Waals surface area contributed by atoms with Crippen molar-refractivity contribution in [1.29, 1.82) is 0 Å². The summed E-state index contributed by atoms with van der Waals surface area (Å²) in [5.41, 5.74) is 3.19. The summed E-state index contributed by atoms with van der Waals surface area (Å²) < 4.78 is 5.25. The third-order valence-electron chi connectivity index (χ3n) is 4.41. The van der Waals surface area contributed by atoms with E-state index in [2.05, 4.69) is 11.9 Å². The number of ether oxygens (including phenoxy) is 1. The predicted molar refractivity (Wildman–Crippen MR) is 99.3 cm³/mol. The molecule has 0 saturated carbocycles. The molecule has 0 spiro atoms. The molecule has 0 bridgehead atoms. The Bertz CT molecular complexity index is 752. The highest BCUT2D eigenvalue weighted by atomic mass is 32.2. The highest BCUT2D eigenvalue weighted by Crippen LogP contribution is 2.40. The van der Waals surface area contributed by atoms with E-state index in [0.717, 1.165) is 17.7 Å². The first-order valence-corrected chi connectivity index (χ1v) is 9.55. The van der Waals surface area contributed by atoms with Gasteiger partial charge in [0.25, 0.3) is 0 Å². The van der Waals surface area contributed by atoms with E-state index in [-0.39, 0.29) is 12.5 Å². The van der Waals surface area contributed by atoms with Crippen LogP contribution in [-0.4, -0.2) is 34.3 Å². The number of allylic oxidation sites excluding steroid dienone is 1. The van der Waals surface area contributed by atoms with Gasteiger partial charge in [0, 0.05) is 12.2 Å². The van der Waals surface area contributed by atoms with Crippen LogP contribution in [0.5, 0.6) is 0 Å². The summed E-state index contributed by atoms with van der Waals surface area (Å²) in [7, 11) is 0. The molecule has 0 N–H and O–H groups in total. The van der Waals surface area contributed by atoms with Gasteiger partial charge >= 0.3 is 5.97 Å². The second-order valence-electron chi connectivity index (χ2n) is 5.97. The van der Waals surface area contributed by atoms with Gasteiger partial charge in [-0.25, -0.2) is 9.79 Å². The molecular formula is C19H22N2O3S. The zero-order valence-electron chi connectivity index (χ0n) is 14.7. The second kappa shape index (κ2) is 7.44. The largest absolute Gasteiger partial charge is 0.463 e. The first kappa shape index (κ1) is 17.7. The van der Waals surface area contributed by atoms with Gasteiger partial charge in [0.15, 0.2) is 5.17 Å². The molecule has 2 heterocycles. The molecule has 2 aliphatic heterocycles. The summed E-state index contributed by atoms with van der Waals surface area (Å²) in [4.78, 5) is 31.4. The number of hydrogen-bond acceptors (Lipinski definition) is 5. The van der Waals surface area contributed by atoms with Gasteiger partial charge in [-0.1, -0.05) is 43.0 Å². The van der Waals surface area contributed by atoms with Crippen LogP contribution >= 0.6 is 11.8 Å². The molecule has 0 aromatic heterocycles. The average Bonchev–Trinajstić information content (AvgIpc) is 2.61. The van der Waals surface area contributed by atoms with Crippen LogP contribution in [0.15, 0.2) is 40.5 Å². The highest BCUT2D eigenvalue weighted by Gasteiger charge is 2.41. The maximum Gasteiger partial charge on any atom is 0.338 e. The van der Waals surface area contributed by atoms with E-state index in [4.69, 9.17) is 4.74 Å². The predicted octanol–water partition coefficient (Wildman–Crippen LogP) is 3.46. The van der Waals surface area contributed by atoms with E-state index in [9.17, 15) is 9.59 Å². The number of aliphatic imine (C=N–C) groups is 1. The van der Waals surface area contributed by atoms with E-state index < -0.39 is 12.0 Å². The summed E-state index contributed by atoms with van der Waals surface area (Å²) in [5.74, 6) is 0.310. The van der Waals surface area contributed by atoms with Crippen LogP contribution in [0.25, 0.3) is 0 Å². The molecule has 1 aromatic carbocycles. The first-order valence-electron chi connectivity index (χ1n) is 8.57. The monoisotopic (exact) mass is 358 g/mol. The maximum atomic E-state index is 12.6. The van der Waals surface area contributed by atoms with Crippen LogP contribution in [0.4, 0.5) is 0 Å². The summed E-state index contributed by atoms with van der Waals surface area (Å²) >= 11 is 1.56. The molecule has 1 unspecified atom stereocenters. The summed E-state index contributed by atoms with van der Waals surface area (Å²) in [5, 5.41) is 0.673. The van der Waals surface area contributed by atoms with Crippen LogP contribution in [-0.2, 0) is 20.7 Å². The molecule has 3 rings (SSSR count). The lowest BCUT2D eigenvalue weighted by molar-refractivity contribution is -0.139. The molecular weight excluding hydrogens is 336 g/mol. The Labute approximate surface area is 152 Å². The topological polar surface area (TPSA) is 59.0 Å². The van der Waals surface area contributed by atoms with Gasteiger partial charge in [-0.05, 0) is 31.4 Å². The molecule has 6 heteroatoms. The van der Waals surface area contributed by atoms with Crippen LogP contribution in [0.3, 0.4) is 0 Å². The molecule has 1 saturated heterocycles. The van der Waals surface area contributed by atoms with Crippen molar-refractivity contribution >= 4 is 28.8 Å². The molecule has 25 heavy (non-hydrogen) atoms. The van der Waals surface area contributed by atoms with E-state index >= 15 is 0 Å². The Balaban J connectivity index is 2.11. The number of aryl methyl sites for hydroxylation is 1. The Morgan fingerprint density at radius 2 is 2.04 bits per heavy atom. The molecule has 132 valence electrons. The summed E-state index contributed by atoms with van der Waals surface area (Å²) in [6.45, 7) is 5.97. The molecule has 1 aromatic rings. The Hall–Kier alpha value is -2.08. The quantitative estimate of drug-likeness (QED) is 0.774. The number of nitrogens with zero attached hydrogens (tertiary/aromatic N) is 2. The molecule has 1 amide bonds. The minimum atomic E-state index is -0.474. The number of thioether (sulfide) groups is 1. The van der Waals surface area contributed by atoms with Gasteiger partial charge in [0.05, 0.1) is 23.9 Å². The molecule has 1 atom stereocenters. The van der Waals surface area contributed by atoms with Gasteiger partial charge < -0.3 is 4.74 Å². The van der Waals surface area contributed by atoms with Crippen molar-refractivity contribution in [1.82, 2.24) is 4.90 Å². The van der Waals surface area contributed by atoms with Gasteiger partial charge in [-0.2, -0.15) is 0 Å². The average molecular weight is 358 g/mol. The summed E-state index contributed by atoms with van der Waals surface area (Å²) in [6.07, 6.45) is 1.39. The minimum Gasteiger partial charge on any atom is -0.463 e. The van der Waals surface area contributed by atoms with Gasteiger partial charge in [-0.3, -0.25) is 9.69 Å². The number of benzene rings is 1. The fourth-order valence-corrected chi connectivity index (χ4v) is 4.12. The third kappa shape index (κ3) is 3.35. The maximum absolute atomic E-state index is 12.6. The molecule has 0 aliphatic carbocycles. The Kier molecular flexibility index (Phi) is 5.27. The van der Waals surface area contributed by atoms with Gasteiger partial charge in [-0.15, -0.1) is 0 Å². The zero-order chi connectivity index (χ0) is 18.0. The van der Waals surface area contributed by atoms with E-state index in [1.54, 1.807) is 23.6 Å². The molecule has 1 fully saturated rings. The Morgan fingerprint density at radius 1 is 1.32 bits per heavy atom. The summed E-state index contributed by atoms with van der Waals surface area (Å²) in [6, 6.07) is 7.59. The zero-order valence-corrected chi connectivity index (χ0v) is 15.6. The number of amidine groups is 1. The van der Waals surface area contributed by atoms with Crippen molar-refractivity contribution in [3.8, 4) is 0 Å². The number of hydrogen-bond donors (Lipinski definition) is 0. The molecule has 2 aliphatic rings. The Morgan fingerprint density at radius 3 is 2.68 bits per heavy atom. The van der Waals surface area contributed by atoms with Crippen LogP contribution in [0.1, 0.15) is 44.4 Å². The molecule has 5 nitrogen and oxygen atoms in total. The second-order valence-corrected chi connectivity index (χ2v) is 7.04. The van der Waals surface area contributed by atoms with Crippen molar-refractivity contribution in [2.24, 2.45) is 4.99 Å². The lowest BCUT2D eigenvalue weighted by Gasteiger charge is -2.38. The number of carbonyl (C=O) groups excluding carboxylic acids is 2. The van der Waals surface area contributed by atoms with E-state index in [1.165, 1.54) is 5.56 Å². The standard InChI is InChI=1S/C19H22N2O3S/c1-4-13-6-8-14(9-7-13)17-16(18(23)24-5-2)12(3)20-19-21(17)15(22)10-11-25-19/h6-9,17H,4-5,10-11H2,1-3H3. The number of esters is 1. The van der Waals surface area contributed by atoms with Crippen LogP contribution in [0, 0.1) is 0 Å². The van der Waals surface area contributed by atoms with Crippen molar-refractivity contribution < 1.29 is 14.3 Å². The van der Waals surface area contributed by atoms with Crippen LogP contribution in [0.2, 0.25) is 0 Å². The van der Waals surface area contributed by atoms with Crippen LogP contribution < -0.4 is 0 Å². The number of carbonyl (C=O) groups is 2. The van der Waals surface area contributed by atoms with Crippen molar-refractivity contribution in [3.63, 3.8) is 0 Å². The normalized spacial score (nSPS) is 20.3. The van der Waals surface area contributed by atoms with E-state index in [0.29, 0.717) is 22.9 Å². The molecule has 0 radical (unpaired) electrons. The highest BCUT2D eigenvalue weighted by molar-refractivity contribution is 8.14. The third-order valence-corrected chi connectivity index (χ3v) is 5.36. The lowest BCUT2D eigenvalue weighted by Crippen LogP contribution is -2.45. The van der Waals surface area contributed by atoms with Crippen molar-refractivity contribution in [3.05, 3.63) is 46.7 Å². The first-order chi connectivity index (χ1) is 12.1. The number of rotatable bonds is 4. The van der Waals surface area contributed by atoms with Crippen molar-refractivity contribution in [2.75, 3.05) is 12.4 Å². The fraction of sp³-hybridized carbons (Fsp3) is 0.421. The number of fused-ring (bicyclic) bond motifs is 1. The van der Waals surface area contributed by atoms with Gasteiger partial charge in [0.1, 0.15) is 0 Å². The lowest BCUT2D eigenvalue weighted by atomic mass is 9.93. The smallest absolute Gasteiger partial charge is 0.338 e. The SMILES string of the molecule is CCOC(=O)C1=C(C)N=C2SCCC(=O)N2C1c1ccc(CC)cc1.